The lowest BCUT2D eigenvalue weighted by molar-refractivity contribution is 0.309. The van der Waals surface area contributed by atoms with Gasteiger partial charge in [-0.1, -0.05) is 0 Å². The van der Waals surface area contributed by atoms with Crippen LogP contribution >= 0.6 is 0 Å². The fourth-order valence-electron chi connectivity index (χ4n) is 2.28. The Morgan fingerprint density at radius 2 is 2.05 bits per heavy atom. The van der Waals surface area contributed by atoms with Crippen LogP contribution in [0, 0.1) is 18.3 Å². The Labute approximate surface area is 111 Å². The van der Waals surface area contributed by atoms with Crippen LogP contribution in [-0.2, 0) is 10.0 Å². The quantitative estimate of drug-likeness (QED) is 0.907. The van der Waals surface area contributed by atoms with Crippen molar-refractivity contribution >= 4 is 20.9 Å². The molecule has 5 nitrogen and oxygen atoms in total. The van der Waals surface area contributed by atoms with Crippen LogP contribution in [0.3, 0.4) is 0 Å². The molecule has 2 heterocycles. The van der Waals surface area contributed by atoms with Gasteiger partial charge < -0.3 is 4.98 Å². The molecule has 0 aliphatic carbocycles. The second kappa shape index (κ2) is 4.08. The third-order valence-corrected chi connectivity index (χ3v) is 5.31. The second-order valence-electron chi connectivity index (χ2n) is 4.78. The first-order valence-electron chi connectivity index (χ1n) is 6.06. The van der Waals surface area contributed by atoms with Gasteiger partial charge >= 0.3 is 0 Å². The van der Waals surface area contributed by atoms with Gasteiger partial charge in [0.2, 0.25) is 10.0 Å². The fourth-order valence-corrected chi connectivity index (χ4v) is 4.06. The lowest BCUT2D eigenvalue weighted by Gasteiger charge is -2.29. The molecule has 1 N–H and O–H groups in total. The molecule has 2 aromatic rings. The lowest BCUT2D eigenvalue weighted by atomic mass is 10.2. The van der Waals surface area contributed by atoms with Gasteiger partial charge in [0.05, 0.1) is 5.52 Å². The number of hydrogen-bond donors (Lipinski definition) is 1. The zero-order chi connectivity index (χ0) is 13.6. The number of nitrogens with zero attached hydrogens (tertiary/aromatic N) is 2. The molecule has 0 spiro atoms. The molecule has 0 bridgehead atoms. The van der Waals surface area contributed by atoms with Crippen molar-refractivity contribution in [2.45, 2.75) is 18.2 Å². The number of aromatic amines is 1. The minimum absolute atomic E-state index is 0.267. The topological polar surface area (TPSA) is 77.0 Å². The highest BCUT2D eigenvalue weighted by atomic mass is 32.2. The van der Waals surface area contributed by atoms with Gasteiger partial charge in [0.15, 0.2) is 0 Å². The first-order valence-corrected chi connectivity index (χ1v) is 7.50. The molecule has 1 saturated heterocycles. The van der Waals surface area contributed by atoms with Crippen LogP contribution in [0.1, 0.15) is 17.7 Å². The standard InChI is InChI=1S/C13H13N3O2S/c1-9-5-10-7-11(8-14)15-13(10)12(6-9)19(17,18)16-3-2-4-16/h5-7,15H,2-4H2,1H3. The molecule has 1 fully saturated rings. The predicted molar refractivity (Wildman–Crippen MR) is 71.1 cm³/mol. The minimum atomic E-state index is -3.45. The van der Waals surface area contributed by atoms with Crippen LogP contribution in [0.15, 0.2) is 23.1 Å². The largest absolute Gasteiger partial charge is 0.345 e. The van der Waals surface area contributed by atoms with Gasteiger partial charge in [-0.25, -0.2) is 8.42 Å². The van der Waals surface area contributed by atoms with Crippen molar-refractivity contribution in [2.75, 3.05) is 13.1 Å². The maximum Gasteiger partial charge on any atom is 0.245 e. The van der Waals surface area contributed by atoms with Crippen molar-refractivity contribution < 1.29 is 8.42 Å². The zero-order valence-electron chi connectivity index (χ0n) is 10.5. The summed E-state index contributed by atoms with van der Waals surface area (Å²) in [6.45, 7) is 3.00. The van der Waals surface area contributed by atoms with E-state index in [1.54, 1.807) is 12.1 Å². The molecule has 1 aromatic carbocycles. The van der Waals surface area contributed by atoms with Gasteiger partial charge in [0.25, 0.3) is 0 Å². The second-order valence-corrected chi connectivity index (χ2v) is 6.69. The van der Waals surface area contributed by atoms with E-state index in [2.05, 4.69) is 4.98 Å². The SMILES string of the molecule is Cc1cc(S(=O)(=O)N2CCC2)c2[nH]c(C#N)cc2c1. The number of rotatable bonds is 2. The number of aryl methyl sites for hydroxylation is 1. The Bertz CT molecular complexity index is 795. The highest BCUT2D eigenvalue weighted by Crippen LogP contribution is 2.29. The summed E-state index contributed by atoms with van der Waals surface area (Å²) >= 11 is 0. The molecule has 98 valence electrons. The van der Waals surface area contributed by atoms with Crippen LogP contribution < -0.4 is 0 Å². The Hall–Kier alpha value is -1.84. The first-order chi connectivity index (χ1) is 9.02. The number of hydrogen-bond acceptors (Lipinski definition) is 3. The highest BCUT2D eigenvalue weighted by Gasteiger charge is 2.31. The van der Waals surface area contributed by atoms with Crippen molar-refractivity contribution in [3.8, 4) is 6.07 Å². The molecule has 6 heteroatoms. The van der Waals surface area contributed by atoms with Gasteiger partial charge in [-0.2, -0.15) is 9.57 Å². The summed E-state index contributed by atoms with van der Waals surface area (Å²) in [5, 5.41) is 9.69. The van der Waals surface area contributed by atoms with E-state index in [1.165, 1.54) is 4.31 Å². The molecule has 0 unspecified atom stereocenters. The monoisotopic (exact) mass is 275 g/mol. The molecule has 3 rings (SSSR count). The van der Waals surface area contributed by atoms with Crippen LogP contribution in [0.5, 0.6) is 0 Å². The number of sulfonamides is 1. The molecule has 1 aliphatic heterocycles. The number of nitriles is 1. The van der Waals surface area contributed by atoms with Crippen molar-refractivity contribution in [3.63, 3.8) is 0 Å². The summed E-state index contributed by atoms with van der Waals surface area (Å²) in [7, 11) is -3.45. The van der Waals surface area contributed by atoms with Crippen LogP contribution in [0.25, 0.3) is 10.9 Å². The van der Waals surface area contributed by atoms with E-state index in [-0.39, 0.29) is 4.90 Å². The van der Waals surface area contributed by atoms with Gasteiger partial charge in [0, 0.05) is 18.5 Å². The third kappa shape index (κ3) is 1.82. The minimum Gasteiger partial charge on any atom is -0.345 e. The summed E-state index contributed by atoms with van der Waals surface area (Å²) < 4.78 is 26.5. The summed E-state index contributed by atoms with van der Waals surface area (Å²) in [6.07, 6.45) is 0.905. The Balaban J connectivity index is 2.28. The average molecular weight is 275 g/mol. The Morgan fingerprint density at radius 1 is 1.32 bits per heavy atom. The third-order valence-electron chi connectivity index (χ3n) is 3.39. The summed E-state index contributed by atoms with van der Waals surface area (Å²) in [5.41, 5.74) is 1.77. The Morgan fingerprint density at radius 3 is 2.63 bits per heavy atom. The van der Waals surface area contributed by atoms with Crippen LogP contribution in [0.2, 0.25) is 0 Å². The van der Waals surface area contributed by atoms with Crippen molar-refractivity contribution in [3.05, 3.63) is 29.5 Å². The smallest absolute Gasteiger partial charge is 0.245 e. The van der Waals surface area contributed by atoms with Gasteiger partial charge in [0.1, 0.15) is 16.7 Å². The lowest BCUT2D eigenvalue weighted by Crippen LogP contribution is -2.42. The maximum absolute atomic E-state index is 12.5. The number of benzene rings is 1. The molecular weight excluding hydrogens is 262 g/mol. The number of nitrogens with one attached hydrogen (secondary N) is 1. The molecular formula is C13H13N3O2S. The highest BCUT2D eigenvalue weighted by molar-refractivity contribution is 7.89. The van der Waals surface area contributed by atoms with Crippen LogP contribution in [0.4, 0.5) is 0 Å². The average Bonchev–Trinajstić information content (AvgIpc) is 2.67. The fraction of sp³-hybridized carbons (Fsp3) is 0.308. The van der Waals surface area contributed by atoms with Gasteiger partial charge in [-0.15, -0.1) is 0 Å². The van der Waals surface area contributed by atoms with E-state index in [4.69, 9.17) is 5.26 Å². The van der Waals surface area contributed by atoms with Gasteiger partial charge in [-0.05, 0) is 37.1 Å². The zero-order valence-corrected chi connectivity index (χ0v) is 11.3. The summed E-state index contributed by atoms with van der Waals surface area (Å²) in [6, 6.07) is 7.22. The first kappa shape index (κ1) is 12.2. The Kier molecular flexibility index (Phi) is 2.62. The summed E-state index contributed by atoms with van der Waals surface area (Å²) in [4.78, 5) is 3.15. The normalized spacial score (nSPS) is 16.2. The van der Waals surface area contributed by atoms with E-state index in [9.17, 15) is 8.42 Å². The van der Waals surface area contributed by atoms with Crippen molar-refractivity contribution in [1.82, 2.24) is 9.29 Å². The molecule has 0 radical (unpaired) electrons. The van der Waals surface area contributed by atoms with Gasteiger partial charge in [-0.3, -0.25) is 0 Å². The van der Waals surface area contributed by atoms with E-state index in [1.807, 2.05) is 19.1 Å². The summed E-state index contributed by atoms with van der Waals surface area (Å²) in [5.74, 6) is 0. The molecule has 1 aromatic heterocycles. The van der Waals surface area contributed by atoms with E-state index in [0.717, 1.165) is 17.4 Å². The number of aromatic nitrogens is 1. The van der Waals surface area contributed by atoms with E-state index in [0.29, 0.717) is 24.3 Å². The number of fused-ring (bicyclic) bond motifs is 1. The molecule has 0 atom stereocenters. The molecule has 0 amide bonds. The van der Waals surface area contributed by atoms with Crippen LogP contribution in [-0.4, -0.2) is 30.8 Å². The predicted octanol–water partition coefficient (Wildman–Crippen LogP) is 1.74. The number of H-pyrrole nitrogens is 1. The van der Waals surface area contributed by atoms with E-state index < -0.39 is 10.0 Å². The van der Waals surface area contributed by atoms with Crippen molar-refractivity contribution in [2.24, 2.45) is 0 Å². The maximum atomic E-state index is 12.5. The van der Waals surface area contributed by atoms with E-state index >= 15 is 0 Å². The molecule has 19 heavy (non-hydrogen) atoms. The van der Waals surface area contributed by atoms with Crippen molar-refractivity contribution in [1.29, 1.82) is 5.26 Å². The molecule has 0 saturated carbocycles. The molecule has 1 aliphatic rings.